The number of nitrogens with zero attached hydrogens (tertiary/aromatic N) is 2. The smallest absolute Gasteiger partial charge is 0.227 e. The Morgan fingerprint density at radius 2 is 1.93 bits per heavy atom. The minimum Gasteiger partial charge on any atom is -0.482 e. The highest BCUT2D eigenvalue weighted by Gasteiger charge is 2.19. The third kappa shape index (κ3) is 4.01. The Labute approximate surface area is 157 Å². The van der Waals surface area contributed by atoms with Crippen molar-refractivity contribution in [2.75, 3.05) is 7.11 Å². The molecular formula is C21H20N2O4. The number of methoxy groups -OCH3 is 1. The molecule has 0 radical (unpaired) electrons. The lowest BCUT2D eigenvalue weighted by Crippen LogP contribution is -2.17. The van der Waals surface area contributed by atoms with Crippen molar-refractivity contribution in [2.24, 2.45) is 0 Å². The molecule has 0 saturated heterocycles. The van der Waals surface area contributed by atoms with Gasteiger partial charge in [-0.3, -0.25) is 9.69 Å². The number of benzene rings is 1. The fourth-order valence-corrected chi connectivity index (χ4v) is 3.14. The SMILES string of the molecule is COc1ccc(COc2coc(CN3Cc4ccccc4C3)cc2=O)cn1. The van der Waals surface area contributed by atoms with E-state index in [2.05, 4.69) is 22.0 Å². The largest absolute Gasteiger partial charge is 0.482 e. The van der Waals surface area contributed by atoms with Crippen LogP contribution in [0.15, 0.2) is 64.1 Å². The monoisotopic (exact) mass is 364 g/mol. The Kier molecular flexibility index (Phi) is 4.89. The topological polar surface area (TPSA) is 64.8 Å². The number of rotatable bonds is 6. The minimum atomic E-state index is -0.186. The van der Waals surface area contributed by atoms with Crippen LogP contribution in [0.25, 0.3) is 0 Å². The second-order valence-electron chi connectivity index (χ2n) is 6.49. The molecule has 0 N–H and O–H groups in total. The van der Waals surface area contributed by atoms with Crippen molar-refractivity contribution in [3.63, 3.8) is 0 Å². The van der Waals surface area contributed by atoms with Crippen LogP contribution < -0.4 is 14.9 Å². The van der Waals surface area contributed by atoms with Gasteiger partial charge in [0.15, 0.2) is 0 Å². The molecule has 1 aliphatic heterocycles. The second-order valence-corrected chi connectivity index (χ2v) is 6.49. The zero-order valence-electron chi connectivity index (χ0n) is 15.1. The van der Waals surface area contributed by atoms with E-state index in [1.807, 2.05) is 18.2 Å². The molecule has 27 heavy (non-hydrogen) atoms. The predicted octanol–water partition coefficient (Wildman–Crippen LogP) is 3.14. The van der Waals surface area contributed by atoms with Gasteiger partial charge in [-0.1, -0.05) is 24.3 Å². The molecule has 0 spiro atoms. The van der Waals surface area contributed by atoms with Gasteiger partial charge in [-0.15, -0.1) is 0 Å². The van der Waals surface area contributed by atoms with Crippen molar-refractivity contribution in [3.8, 4) is 11.6 Å². The summed E-state index contributed by atoms with van der Waals surface area (Å²) in [7, 11) is 1.56. The molecule has 0 saturated carbocycles. The van der Waals surface area contributed by atoms with E-state index in [1.165, 1.54) is 23.5 Å². The van der Waals surface area contributed by atoms with Crippen molar-refractivity contribution in [2.45, 2.75) is 26.2 Å². The fraction of sp³-hybridized carbons (Fsp3) is 0.238. The molecule has 0 bridgehead atoms. The first kappa shape index (κ1) is 17.3. The maximum atomic E-state index is 12.3. The summed E-state index contributed by atoms with van der Waals surface area (Å²) in [6.45, 7) is 2.56. The zero-order valence-corrected chi connectivity index (χ0v) is 15.1. The summed E-state index contributed by atoms with van der Waals surface area (Å²) in [6.07, 6.45) is 3.04. The molecule has 3 heterocycles. The molecule has 1 aliphatic rings. The van der Waals surface area contributed by atoms with Crippen molar-refractivity contribution >= 4 is 0 Å². The standard InChI is InChI=1S/C21H20N2O4/c1-25-21-7-6-15(9-22-21)13-27-20-14-26-18(8-19(20)24)12-23-10-16-4-2-3-5-17(16)11-23/h2-9,14H,10-13H2,1H3. The number of hydrogen-bond donors (Lipinski definition) is 0. The van der Waals surface area contributed by atoms with E-state index >= 15 is 0 Å². The quantitative estimate of drug-likeness (QED) is 0.670. The summed E-state index contributed by atoms with van der Waals surface area (Å²) in [4.78, 5) is 18.7. The van der Waals surface area contributed by atoms with E-state index in [0.29, 0.717) is 18.2 Å². The molecule has 0 atom stereocenters. The third-order valence-corrected chi connectivity index (χ3v) is 4.54. The highest BCUT2D eigenvalue weighted by atomic mass is 16.5. The Bertz CT molecular complexity index is 957. The van der Waals surface area contributed by atoms with Crippen LogP contribution in [0.3, 0.4) is 0 Å². The molecule has 0 aliphatic carbocycles. The highest BCUT2D eigenvalue weighted by Crippen LogP contribution is 2.24. The van der Waals surface area contributed by atoms with Crippen LogP contribution in [-0.4, -0.2) is 17.0 Å². The van der Waals surface area contributed by atoms with Crippen LogP contribution in [0, 0.1) is 0 Å². The van der Waals surface area contributed by atoms with Crippen LogP contribution in [0.1, 0.15) is 22.5 Å². The Hall–Kier alpha value is -3.12. The lowest BCUT2D eigenvalue weighted by atomic mass is 10.1. The van der Waals surface area contributed by atoms with Gasteiger partial charge in [0.2, 0.25) is 17.1 Å². The average Bonchev–Trinajstić information content (AvgIpc) is 3.10. The molecule has 0 amide bonds. The number of aromatic nitrogens is 1. The molecule has 0 fully saturated rings. The van der Waals surface area contributed by atoms with E-state index in [4.69, 9.17) is 13.9 Å². The second kappa shape index (κ2) is 7.63. The van der Waals surface area contributed by atoms with E-state index in [1.54, 1.807) is 19.4 Å². The summed E-state index contributed by atoms with van der Waals surface area (Å²) >= 11 is 0. The van der Waals surface area contributed by atoms with E-state index in [9.17, 15) is 4.79 Å². The number of pyridine rings is 1. The van der Waals surface area contributed by atoms with E-state index in [0.717, 1.165) is 18.7 Å². The van der Waals surface area contributed by atoms with Gasteiger partial charge < -0.3 is 13.9 Å². The number of fused-ring (bicyclic) bond motifs is 1. The maximum Gasteiger partial charge on any atom is 0.227 e. The van der Waals surface area contributed by atoms with Gasteiger partial charge >= 0.3 is 0 Å². The third-order valence-electron chi connectivity index (χ3n) is 4.54. The van der Waals surface area contributed by atoms with Crippen LogP contribution in [0.5, 0.6) is 11.6 Å². The van der Waals surface area contributed by atoms with E-state index in [-0.39, 0.29) is 17.8 Å². The molecule has 3 aromatic rings. The summed E-state index contributed by atoms with van der Waals surface area (Å²) < 4.78 is 16.2. The molecule has 6 heteroatoms. The highest BCUT2D eigenvalue weighted by molar-refractivity contribution is 5.30. The normalized spacial score (nSPS) is 13.4. The Balaban J connectivity index is 1.37. The lowest BCUT2D eigenvalue weighted by Gasteiger charge is -2.14. The maximum absolute atomic E-state index is 12.3. The van der Waals surface area contributed by atoms with Crippen LogP contribution in [0.2, 0.25) is 0 Å². The Morgan fingerprint density at radius 1 is 1.15 bits per heavy atom. The molecule has 2 aromatic heterocycles. The molecule has 6 nitrogen and oxygen atoms in total. The van der Waals surface area contributed by atoms with Crippen molar-refractivity contribution in [3.05, 3.63) is 87.6 Å². The van der Waals surface area contributed by atoms with Crippen LogP contribution in [0.4, 0.5) is 0 Å². The van der Waals surface area contributed by atoms with Gasteiger partial charge in [0.05, 0.1) is 13.7 Å². The van der Waals surface area contributed by atoms with Crippen molar-refractivity contribution in [1.29, 1.82) is 0 Å². The zero-order chi connectivity index (χ0) is 18.6. The average molecular weight is 364 g/mol. The van der Waals surface area contributed by atoms with Gasteiger partial charge in [0, 0.05) is 37.0 Å². The number of hydrogen-bond acceptors (Lipinski definition) is 6. The number of ether oxygens (including phenoxy) is 2. The molecule has 1 aromatic carbocycles. The Morgan fingerprint density at radius 3 is 2.56 bits per heavy atom. The summed E-state index contributed by atoms with van der Waals surface area (Å²) in [5.74, 6) is 1.36. The van der Waals surface area contributed by atoms with Gasteiger partial charge in [0.1, 0.15) is 18.6 Å². The summed E-state index contributed by atoms with van der Waals surface area (Å²) in [5, 5.41) is 0. The summed E-state index contributed by atoms with van der Waals surface area (Å²) in [5.41, 5.74) is 3.31. The van der Waals surface area contributed by atoms with Gasteiger partial charge in [-0.2, -0.15) is 0 Å². The first-order chi connectivity index (χ1) is 13.2. The first-order valence-corrected chi connectivity index (χ1v) is 8.74. The molecular weight excluding hydrogens is 344 g/mol. The van der Waals surface area contributed by atoms with Gasteiger partial charge in [0.25, 0.3) is 0 Å². The molecule has 0 unspecified atom stereocenters. The van der Waals surface area contributed by atoms with Crippen LogP contribution >= 0.6 is 0 Å². The van der Waals surface area contributed by atoms with Crippen LogP contribution in [-0.2, 0) is 26.2 Å². The minimum absolute atomic E-state index is 0.186. The molecule has 138 valence electrons. The molecule has 4 rings (SSSR count). The van der Waals surface area contributed by atoms with E-state index < -0.39 is 0 Å². The van der Waals surface area contributed by atoms with Gasteiger partial charge in [-0.25, -0.2) is 4.98 Å². The summed E-state index contributed by atoms with van der Waals surface area (Å²) in [6, 6.07) is 13.5. The van der Waals surface area contributed by atoms with Crippen molar-refractivity contribution in [1.82, 2.24) is 9.88 Å². The first-order valence-electron chi connectivity index (χ1n) is 8.74. The van der Waals surface area contributed by atoms with Gasteiger partial charge in [-0.05, 0) is 17.2 Å². The predicted molar refractivity (Wildman–Crippen MR) is 99.5 cm³/mol. The lowest BCUT2D eigenvalue weighted by molar-refractivity contribution is 0.241. The van der Waals surface area contributed by atoms with Crippen molar-refractivity contribution < 1.29 is 13.9 Å². The fourth-order valence-electron chi connectivity index (χ4n) is 3.14.